The van der Waals surface area contributed by atoms with Gasteiger partial charge in [0.25, 0.3) is 0 Å². The molecule has 0 spiro atoms. The van der Waals surface area contributed by atoms with Crippen LogP contribution in [0.5, 0.6) is 0 Å². The van der Waals surface area contributed by atoms with Gasteiger partial charge in [-0.3, -0.25) is 14.7 Å². The number of hydrogen-bond donors (Lipinski definition) is 1. The third-order valence-electron chi connectivity index (χ3n) is 3.85. The van der Waals surface area contributed by atoms with Gasteiger partial charge in [-0.15, -0.1) is 0 Å². The number of carbonyl (C=O) groups excluding carboxylic acids is 1. The van der Waals surface area contributed by atoms with Gasteiger partial charge in [0.15, 0.2) is 0 Å². The average Bonchev–Trinajstić information content (AvgIpc) is 2.45. The van der Waals surface area contributed by atoms with E-state index in [-0.39, 0.29) is 17.5 Å². The summed E-state index contributed by atoms with van der Waals surface area (Å²) in [4.78, 5) is 18.9. The standard InChI is InChI=1S/C17H27N3O/c1-17(2,3)19-16(21)15-6-4-5-12-20(15)13-9-14-7-10-18-11-8-14/h7-8,10-11,15H,4-6,9,12-13H2,1-3H3,(H,19,21)/t15-/m1/s1. The zero-order valence-electron chi connectivity index (χ0n) is 13.4. The van der Waals surface area contributed by atoms with Crippen molar-refractivity contribution in [1.29, 1.82) is 0 Å². The molecule has 0 aromatic carbocycles. The van der Waals surface area contributed by atoms with Crippen molar-refractivity contribution in [2.75, 3.05) is 13.1 Å². The van der Waals surface area contributed by atoms with Crippen LogP contribution in [0.4, 0.5) is 0 Å². The molecular weight excluding hydrogens is 262 g/mol. The van der Waals surface area contributed by atoms with E-state index in [1.54, 1.807) is 0 Å². The van der Waals surface area contributed by atoms with Crippen LogP contribution >= 0.6 is 0 Å². The molecule has 2 heterocycles. The second kappa shape index (κ2) is 7.03. The van der Waals surface area contributed by atoms with Gasteiger partial charge in [-0.1, -0.05) is 6.42 Å². The van der Waals surface area contributed by atoms with Crippen LogP contribution in [0.1, 0.15) is 45.6 Å². The van der Waals surface area contributed by atoms with E-state index >= 15 is 0 Å². The Morgan fingerprint density at radius 3 is 2.71 bits per heavy atom. The Bertz CT molecular complexity index is 453. The van der Waals surface area contributed by atoms with E-state index in [2.05, 4.69) is 15.2 Å². The maximum atomic E-state index is 12.5. The summed E-state index contributed by atoms with van der Waals surface area (Å²) in [5.41, 5.74) is 1.12. The van der Waals surface area contributed by atoms with E-state index in [1.165, 1.54) is 12.0 Å². The van der Waals surface area contributed by atoms with Crippen molar-refractivity contribution in [2.24, 2.45) is 0 Å². The molecule has 1 aromatic heterocycles. The minimum absolute atomic E-state index is 0.0276. The number of pyridine rings is 1. The minimum atomic E-state index is -0.161. The summed E-state index contributed by atoms with van der Waals surface area (Å²) in [6.45, 7) is 8.07. The molecule has 1 amide bonds. The lowest BCUT2D eigenvalue weighted by atomic mass is 9.99. The lowest BCUT2D eigenvalue weighted by molar-refractivity contribution is -0.129. The predicted molar refractivity (Wildman–Crippen MR) is 85.0 cm³/mol. The Balaban J connectivity index is 1.94. The van der Waals surface area contributed by atoms with Gasteiger partial charge in [0.1, 0.15) is 0 Å². The maximum Gasteiger partial charge on any atom is 0.237 e. The lowest BCUT2D eigenvalue weighted by Gasteiger charge is -2.36. The van der Waals surface area contributed by atoms with Crippen LogP contribution in [-0.4, -0.2) is 40.5 Å². The molecule has 1 atom stereocenters. The number of carbonyl (C=O) groups is 1. The summed E-state index contributed by atoms with van der Waals surface area (Å²) in [5.74, 6) is 0.178. The van der Waals surface area contributed by atoms with Crippen molar-refractivity contribution >= 4 is 5.91 Å². The Hall–Kier alpha value is -1.42. The molecule has 21 heavy (non-hydrogen) atoms. The van der Waals surface area contributed by atoms with Gasteiger partial charge in [0.05, 0.1) is 6.04 Å². The number of aromatic nitrogens is 1. The molecule has 1 aliphatic heterocycles. The molecule has 0 unspecified atom stereocenters. The van der Waals surface area contributed by atoms with Crippen LogP contribution in [0.2, 0.25) is 0 Å². The second-order valence-corrected chi connectivity index (χ2v) is 6.89. The fraction of sp³-hybridized carbons (Fsp3) is 0.647. The molecule has 1 N–H and O–H groups in total. The van der Waals surface area contributed by atoms with Gasteiger partial charge >= 0.3 is 0 Å². The van der Waals surface area contributed by atoms with Gasteiger partial charge in [0, 0.05) is 24.5 Å². The van der Waals surface area contributed by atoms with Gasteiger partial charge in [-0.2, -0.15) is 0 Å². The molecule has 0 bridgehead atoms. The molecule has 2 rings (SSSR count). The number of amides is 1. The number of hydrogen-bond acceptors (Lipinski definition) is 3. The lowest BCUT2D eigenvalue weighted by Crippen LogP contribution is -2.54. The van der Waals surface area contributed by atoms with E-state index in [0.717, 1.165) is 32.4 Å². The van der Waals surface area contributed by atoms with Crippen LogP contribution in [-0.2, 0) is 11.2 Å². The maximum absolute atomic E-state index is 12.5. The van der Waals surface area contributed by atoms with Crippen molar-refractivity contribution in [3.05, 3.63) is 30.1 Å². The van der Waals surface area contributed by atoms with E-state index in [1.807, 2.05) is 45.3 Å². The van der Waals surface area contributed by atoms with Crippen molar-refractivity contribution in [3.8, 4) is 0 Å². The fourth-order valence-electron chi connectivity index (χ4n) is 2.83. The Morgan fingerprint density at radius 1 is 1.33 bits per heavy atom. The first-order chi connectivity index (χ1) is 9.96. The molecule has 1 saturated heterocycles. The largest absolute Gasteiger partial charge is 0.350 e. The molecule has 4 heteroatoms. The van der Waals surface area contributed by atoms with Crippen LogP contribution in [0.3, 0.4) is 0 Å². The average molecular weight is 289 g/mol. The zero-order valence-corrected chi connectivity index (χ0v) is 13.4. The molecule has 0 aliphatic carbocycles. The molecule has 116 valence electrons. The SMILES string of the molecule is CC(C)(C)NC(=O)[C@H]1CCCCN1CCc1ccncc1. The van der Waals surface area contributed by atoms with Crippen LogP contribution in [0.25, 0.3) is 0 Å². The van der Waals surface area contributed by atoms with E-state index in [4.69, 9.17) is 0 Å². The van der Waals surface area contributed by atoms with Crippen molar-refractivity contribution in [2.45, 2.75) is 58.0 Å². The quantitative estimate of drug-likeness (QED) is 0.925. The first kappa shape index (κ1) is 16.0. The summed E-state index contributed by atoms with van der Waals surface area (Å²) >= 11 is 0. The Morgan fingerprint density at radius 2 is 2.05 bits per heavy atom. The number of rotatable bonds is 4. The summed E-state index contributed by atoms with van der Waals surface area (Å²) < 4.78 is 0. The Labute approximate surface area is 127 Å². The van der Waals surface area contributed by atoms with Crippen LogP contribution in [0.15, 0.2) is 24.5 Å². The topological polar surface area (TPSA) is 45.2 Å². The fourth-order valence-corrected chi connectivity index (χ4v) is 2.83. The molecule has 0 saturated carbocycles. The molecule has 4 nitrogen and oxygen atoms in total. The molecule has 1 aromatic rings. The van der Waals surface area contributed by atoms with E-state index in [0.29, 0.717) is 0 Å². The van der Waals surface area contributed by atoms with Crippen molar-refractivity contribution in [1.82, 2.24) is 15.2 Å². The van der Waals surface area contributed by atoms with Gasteiger partial charge in [-0.05, 0) is 64.3 Å². The summed E-state index contributed by atoms with van der Waals surface area (Å²) in [6.07, 6.45) is 7.94. The van der Waals surface area contributed by atoms with E-state index < -0.39 is 0 Å². The van der Waals surface area contributed by atoms with Gasteiger partial charge in [-0.25, -0.2) is 0 Å². The monoisotopic (exact) mass is 289 g/mol. The van der Waals surface area contributed by atoms with Crippen molar-refractivity contribution < 1.29 is 4.79 Å². The third kappa shape index (κ3) is 5.12. The minimum Gasteiger partial charge on any atom is -0.350 e. The normalized spacial score (nSPS) is 20.2. The highest BCUT2D eigenvalue weighted by Crippen LogP contribution is 2.18. The highest BCUT2D eigenvalue weighted by molar-refractivity contribution is 5.82. The summed E-state index contributed by atoms with van der Waals surface area (Å²) in [7, 11) is 0. The van der Waals surface area contributed by atoms with Crippen molar-refractivity contribution in [3.63, 3.8) is 0 Å². The molecule has 1 aliphatic rings. The Kier molecular flexibility index (Phi) is 5.34. The number of piperidine rings is 1. The second-order valence-electron chi connectivity index (χ2n) is 6.89. The van der Waals surface area contributed by atoms with E-state index in [9.17, 15) is 4.79 Å². The number of likely N-dealkylation sites (tertiary alicyclic amines) is 1. The molecule has 0 radical (unpaired) electrons. The highest BCUT2D eigenvalue weighted by Gasteiger charge is 2.30. The van der Waals surface area contributed by atoms with Crippen LogP contribution in [0, 0.1) is 0 Å². The van der Waals surface area contributed by atoms with Gasteiger partial charge in [0.2, 0.25) is 5.91 Å². The zero-order chi connectivity index (χ0) is 15.3. The third-order valence-corrected chi connectivity index (χ3v) is 3.85. The van der Waals surface area contributed by atoms with Gasteiger partial charge < -0.3 is 5.32 Å². The first-order valence-corrected chi connectivity index (χ1v) is 7.91. The summed E-state index contributed by atoms with van der Waals surface area (Å²) in [5, 5.41) is 3.13. The number of nitrogens with zero attached hydrogens (tertiary/aromatic N) is 2. The first-order valence-electron chi connectivity index (χ1n) is 7.91. The molecular formula is C17H27N3O. The highest BCUT2D eigenvalue weighted by atomic mass is 16.2. The molecule has 1 fully saturated rings. The number of nitrogens with one attached hydrogen (secondary N) is 1. The van der Waals surface area contributed by atoms with Crippen LogP contribution < -0.4 is 5.32 Å². The summed E-state index contributed by atoms with van der Waals surface area (Å²) in [6, 6.07) is 4.13. The predicted octanol–water partition coefficient (Wildman–Crippen LogP) is 2.39. The smallest absolute Gasteiger partial charge is 0.237 e.